The van der Waals surface area contributed by atoms with Gasteiger partial charge in [-0.05, 0) is 29.8 Å². The third-order valence-electron chi connectivity index (χ3n) is 4.30. The van der Waals surface area contributed by atoms with E-state index >= 15 is 0 Å². The minimum atomic E-state index is -0.297. The van der Waals surface area contributed by atoms with Crippen LogP contribution in [0.5, 0.6) is 5.75 Å². The van der Waals surface area contributed by atoms with Crippen LogP contribution in [-0.4, -0.2) is 28.0 Å². The summed E-state index contributed by atoms with van der Waals surface area (Å²) >= 11 is 0. The molecule has 0 spiro atoms. The molecule has 1 amide bonds. The van der Waals surface area contributed by atoms with E-state index in [0.29, 0.717) is 24.5 Å². The second-order valence-electron chi connectivity index (χ2n) is 5.90. The Labute approximate surface area is 149 Å². The summed E-state index contributed by atoms with van der Waals surface area (Å²) in [5, 5.41) is 10.9. The topological polar surface area (TPSA) is 91.4 Å². The van der Waals surface area contributed by atoms with E-state index in [-0.39, 0.29) is 24.3 Å². The van der Waals surface area contributed by atoms with Crippen LogP contribution in [0.4, 0.5) is 0 Å². The molecule has 134 valence electrons. The largest absolute Gasteiger partial charge is 0.497 e. The molecule has 1 atom stereocenters. The molecule has 3 aromatic rings. The smallest absolute Gasteiger partial charge is 0.274 e. The maximum absolute atomic E-state index is 12.4. The van der Waals surface area contributed by atoms with Crippen LogP contribution in [0.25, 0.3) is 0 Å². The first-order valence-electron chi connectivity index (χ1n) is 8.23. The molecule has 8 nitrogen and oxygen atoms in total. The summed E-state index contributed by atoms with van der Waals surface area (Å²) in [7, 11) is 1.63. The van der Waals surface area contributed by atoms with Crippen LogP contribution < -0.4 is 10.1 Å². The molecule has 0 saturated carbocycles. The first kappa shape index (κ1) is 16.3. The molecule has 0 saturated heterocycles. The third kappa shape index (κ3) is 3.18. The van der Waals surface area contributed by atoms with Gasteiger partial charge in [-0.25, -0.2) is 4.68 Å². The number of hydrogen-bond acceptors (Lipinski definition) is 6. The van der Waals surface area contributed by atoms with E-state index in [1.165, 1.54) is 0 Å². The van der Waals surface area contributed by atoms with Crippen LogP contribution in [0.1, 0.15) is 33.6 Å². The minimum Gasteiger partial charge on any atom is -0.497 e. The van der Waals surface area contributed by atoms with Gasteiger partial charge in [-0.15, -0.1) is 5.10 Å². The summed E-state index contributed by atoms with van der Waals surface area (Å²) in [5.74, 6) is 1.17. The van der Waals surface area contributed by atoms with Crippen molar-refractivity contribution in [2.45, 2.75) is 25.8 Å². The van der Waals surface area contributed by atoms with E-state index in [9.17, 15) is 4.79 Å². The Kier molecular flexibility index (Phi) is 4.40. The number of rotatable bonds is 5. The van der Waals surface area contributed by atoms with Crippen molar-refractivity contribution in [1.29, 1.82) is 0 Å². The molecule has 2 aromatic heterocycles. The molecule has 0 aliphatic carbocycles. The molecule has 4 rings (SSSR count). The number of benzene rings is 1. The number of carbonyl (C=O) groups excluding carboxylic acids is 1. The quantitative estimate of drug-likeness (QED) is 0.754. The van der Waals surface area contributed by atoms with E-state index in [0.717, 1.165) is 11.3 Å². The fourth-order valence-corrected chi connectivity index (χ4v) is 2.87. The number of hydrogen-bond donors (Lipinski definition) is 1. The molecule has 0 bridgehead atoms. The highest BCUT2D eigenvalue weighted by Gasteiger charge is 2.27. The molecule has 0 fully saturated rings. The fourth-order valence-electron chi connectivity index (χ4n) is 2.87. The molecule has 1 aliphatic rings. The van der Waals surface area contributed by atoms with Crippen molar-refractivity contribution in [3.8, 4) is 5.75 Å². The lowest BCUT2D eigenvalue weighted by Crippen LogP contribution is -2.27. The number of ether oxygens (including phenoxy) is 2. The Bertz CT molecular complexity index is 887. The van der Waals surface area contributed by atoms with Gasteiger partial charge in [-0.3, -0.25) is 4.79 Å². The van der Waals surface area contributed by atoms with Crippen molar-refractivity contribution >= 4 is 5.91 Å². The van der Waals surface area contributed by atoms with E-state index in [4.69, 9.17) is 13.9 Å². The zero-order valence-electron chi connectivity index (χ0n) is 14.2. The Hall–Kier alpha value is -3.13. The average Bonchev–Trinajstić information content (AvgIpc) is 3.35. The predicted molar refractivity (Wildman–Crippen MR) is 90.4 cm³/mol. The van der Waals surface area contributed by atoms with Crippen LogP contribution in [0.15, 0.2) is 47.1 Å². The number of carbonyl (C=O) groups is 1. The van der Waals surface area contributed by atoms with Gasteiger partial charge in [-0.2, -0.15) is 0 Å². The summed E-state index contributed by atoms with van der Waals surface area (Å²) in [5.41, 5.74) is 1.98. The predicted octanol–water partition coefficient (Wildman–Crippen LogP) is 2.08. The highest BCUT2D eigenvalue weighted by Crippen LogP contribution is 2.28. The van der Waals surface area contributed by atoms with Crippen LogP contribution in [0, 0.1) is 0 Å². The van der Waals surface area contributed by atoms with Gasteiger partial charge >= 0.3 is 0 Å². The van der Waals surface area contributed by atoms with Crippen LogP contribution >= 0.6 is 0 Å². The molecule has 8 heteroatoms. The Balaban J connectivity index is 1.45. The molecule has 1 aromatic carbocycles. The lowest BCUT2D eigenvalue weighted by Gasteiger charge is -2.24. The van der Waals surface area contributed by atoms with Crippen molar-refractivity contribution in [3.63, 3.8) is 0 Å². The van der Waals surface area contributed by atoms with E-state index < -0.39 is 0 Å². The summed E-state index contributed by atoms with van der Waals surface area (Å²) < 4.78 is 18.0. The number of aromatic nitrogens is 3. The zero-order chi connectivity index (χ0) is 17.9. The number of methoxy groups -OCH3 is 1. The van der Waals surface area contributed by atoms with Gasteiger partial charge in [0.25, 0.3) is 5.91 Å². The third-order valence-corrected chi connectivity index (χ3v) is 4.30. The van der Waals surface area contributed by atoms with E-state index in [2.05, 4.69) is 15.6 Å². The maximum Gasteiger partial charge on any atom is 0.274 e. The van der Waals surface area contributed by atoms with Crippen LogP contribution in [0.3, 0.4) is 0 Å². The first-order valence-corrected chi connectivity index (χ1v) is 8.23. The standard InChI is InChI=1S/C18H18N4O4/c1-24-13-6-4-12(5-7-13)16-10-22-15(11-26-16)17(20-21-22)18(23)19-9-14-3-2-8-25-14/h2-8,16H,9-11H2,1H3,(H,19,23). The van der Waals surface area contributed by atoms with E-state index in [1.54, 1.807) is 30.2 Å². The molecule has 0 radical (unpaired) electrons. The Morgan fingerprint density at radius 3 is 2.92 bits per heavy atom. The van der Waals surface area contributed by atoms with Gasteiger partial charge in [0.1, 0.15) is 17.6 Å². The van der Waals surface area contributed by atoms with Gasteiger partial charge in [0.15, 0.2) is 5.69 Å². The Morgan fingerprint density at radius 1 is 1.35 bits per heavy atom. The normalized spacial score (nSPS) is 16.1. The number of amides is 1. The van der Waals surface area contributed by atoms with Crippen LogP contribution in [0.2, 0.25) is 0 Å². The van der Waals surface area contributed by atoms with Crippen molar-refractivity contribution in [2.75, 3.05) is 7.11 Å². The van der Waals surface area contributed by atoms with Crippen molar-refractivity contribution < 1.29 is 18.7 Å². The highest BCUT2D eigenvalue weighted by molar-refractivity contribution is 5.93. The summed E-state index contributed by atoms with van der Waals surface area (Å²) in [6.45, 7) is 1.07. The second-order valence-corrected chi connectivity index (χ2v) is 5.90. The minimum absolute atomic E-state index is 0.144. The van der Waals surface area contributed by atoms with Gasteiger partial charge < -0.3 is 19.2 Å². The zero-order valence-corrected chi connectivity index (χ0v) is 14.2. The van der Waals surface area contributed by atoms with Crippen molar-refractivity contribution in [3.05, 3.63) is 65.4 Å². The first-order chi connectivity index (χ1) is 12.7. The van der Waals surface area contributed by atoms with Gasteiger partial charge in [0, 0.05) is 0 Å². The SMILES string of the molecule is COc1ccc(C2Cn3nnc(C(=O)NCc4ccco4)c3CO2)cc1. The molecule has 1 unspecified atom stereocenters. The molecular formula is C18H18N4O4. The summed E-state index contributed by atoms with van der Waals surface area (Å²) in [6, 6.07) is 11.3. The second kappa shape index (κ2) is 7.01. The number of furan rings is 1. The monoisotopic (exact) mass is 354 g/mol. The highest BCUT2D eigenvalue weighted by atomic mass is 16.5. The van der Waals surface area contributed by atoms with E-state index in [1.807, 2.05) is 24.3 Å². The lowest BCUT2D eigenvalue weighted by atomic mass is 10.1. The van der Waals surface area contributed by atoms with Crippen LogP contribution in [-0.2, 0) is 24.4 Å². The maximum atomic E-state index is 12.4. The van der Waals surface area contributed by atoms with Gasteiger partial charge in [-0.1, -0.05) is 17.3 Å². The molecular weight excluding hydrogens is 336 g/mol. The number of nitrogens with zero attached hydrogens (tertiary/aromatic N) is 3. The Morgan fingerprint density at radius 2 is 2.19 bits per heavy atom. The molecule has 3 heterocycles. The average molecular weight is 354 g/mol. The molecule has 1 N–H and O–H groups in total. The number of fused-ring (bicyclic) bond motifs is 1. The lowest BCUT2D eigenvalue weighted by molar-refractivity contribution is -0.00179. The summed E-state index contributed by atoms with van der Waals surface area (Å²) in [6.07, 6.45) is 1.42. The molecule has 1 aliphatic heterocycles. The summed E-state index contributed by atoms with van der Waals surface area (Å²) in [4.78, 5) is 12.4. The van der Waals surface area contributed by atoms with Crippen molar-refractivity contribution in [2.24, 2.45) is 0 Å². The fraction of sp³-hybridized carbons (Fsp3) is 0.278. The molecule has 26 heavy (non-hydrogen) atoms. The number of nitrogens with one attached hydrogen (secondary N) is 1. The van der Waals surface area contributed by atoms with Crippen molar-refractivity contribution in [1.82, 2.24) is 20.3 Å². The van der Waals surface area contributed by atoms with Gasteiger partial charge in [0.05, 0.1) is 38.8 Å². The van der Waals surface area contributed by atoms with Gasteiger partial charge in [0.2, 0.25) is 0 Å².